The minimum Gasteiger partial charge on any atom is -0.460 e. The van der Waals surface area contributed by atoms with E-state index in [4.69, 9.17) is 4.74 Å². The van der Waals surface area contributed by atoms with Gasteiger partial charge in [0.05, 0.1) is 12.1 Å². The number of fused-ring (bicyclic) bond motifs is 1. The van der Waals surface area contributed by atoms with E-state index in [1.54, 1.807) is 0 Å². The van der Waals surface area contributed by atoms with Gasteiger partial charge in [-0.1, -0.05) is 23.5 Å². The molecule has 0 radical (unpaired) electrons. The van der Waals surface area contributed by atoms with Gasteiger partial charge in [0.1, 0.15) is 15.6 Å². The molecule has 0 bridgehead atoms. The quantitative estimate of drug-likeness (QED) is 0.806. The van der Waals surface area contributed by atoms with E-state index in [-0.39, 0.29) is 5.97 Å². The lowest BCUT2D eigenvalue weighted by atomic mass is 10.1. The van der Waals surface area contributed by atoms with Crippen molar-refractivity contribution in [2.24, 2.45) is 0 Å². The normalized spacial score (nSPS) is 13.6. The van der Waals surface area contributed by atoms with Gasteiger partial charge in [-0.15, -0.1) is 10.2 Å². The van der Waals surface area contributed by atoms with Gasteiger partial charge in [-0.2, -0.15) is 0 Å². The highest BCUT2D eigenvalue weighted by atomic mass is 32.1. The van der Waals surface area contributed by atoms with Crippen molar-refractivity contribution < 1.29 is 9.53 Å². The Balaban J connectivity index is 1.65. The monoisotopic (exact) mass is 329 g/mol. The van der Waals surface area contributed by atoms with Crippen molar-refractivity contribution in [3.8, 4) is 0 Å². The third kappa shape index (κ3) is 3.82. The second kappa shape index (κ2) is 6.20. The Kier molecular flexibility index (Phi) is 4.26. The number of aromatic nitrogens is 3. The molecule has 23 heavy (non-hydrogen) atoms. The summed E-state index contributed by atoms with van der Waals surface area (Å²) in [6.07, 6.45) is 5.65. The lowest BCUT2D eigenvalue weighted by Crippen LogP contribution is -2.23. The Morgan fingerprint density at radius 3 is 2.96 bits per heavy atom. The average Bonchev–Trinajstić information content (AvgIpc) is 3.09. The molecule has 0 spiro atoms. The Hall–Kier alpha value is -2.08. The van der Waals surface area contributed by atoms with Crippen LogP contribution in [0, 0.1) is 0 Å². The molecule has 0 saturated heterocycles. The maximum atomic E-state index is 11.8. The molecule has 0 saturated carbocycles. The summed E-state index contributed by atoms with van der Waals surface area (Å²) < 4.78 is 5.31. The van der Waals surface area contributed by atoms with Gasteiger partial charge < -0.3 is 4.74 Å². The van der Waals surface area contributed by atoms with E-state index in [1.807, 2.05) is 33.0 Å². The van der Waals surface area contributed by atoms with Crippen LogP contribution >= 0.6 is 11.3 Å². The summed E-state index contributed by atoms with van der Waals surface area (Å²) >= 11 is 1.53. The SMILES string of the molecule is CC(C)(C)OC(=O)CCc1nnc(C2=CCc3ncccc32)s1. The summed E-state index contributed by atoms with van der Waals surface area (Å²) in [5, 5.41) is 10.2. The van der Waals surface area contributed by atoms with Crippen LogP contribution in [0.25, 0.3) is 5.57 Å². The number of hydrogen-bond acceptors (Lipinski definition) is 6. The largest absolute Gasteiger partial charge is 0.460 e. The van der Waals surface area contributed by atoms with Crippen molar-refractivity contribution >= 4 is 22.9 Å². The third-order valence-corrected chi connectivity index (χ3v) is 4.36. The zero-order chi connectivity index (χ0) is 16.4. The summed E-state index contributed by atoms with van der Waals surface area (Å²) in [5.41, 5.74) is 2.85. The molecule has 1 aliphatic rings. The maximum Gasteiger partial charge on any atom is 0.306 e. The molecule has 0 atom stereocenters. The number of nitrogens with zero attached hydrogens (tertiary/aromatic N) is 3. The number of ether oxygens (including phenoxy) is 1. The van der Waals surface area contributed by atoms with Crippen LogP contribution in [-0.4, -0.2) is 26.8 Å². The average molecular weight is 329 g/mol. The topological polar surface area (TPSA) is 65.0 Å². The molecule has 0 aliphatic heterocycles. The van der Waals surface area contributed by atoms with E-state index in [1.165, 1.54) is 11.3 Å². The van der Waals surface area contributed by atoms with Crippen LogP contribution in [0.2, 0.25) is 0 Å². The van der Waals surface area contributed by atoms with Crippen LogP contribution in [0.15, 0.2) is 24.4 Å². The Morgan fingerprint density at radius 2 is 2.17 bits per heavy atom. The molecule has 1 aliphatic carbocycles. The maximum absolute atomic E-state index is 11.8. The predicted molar refractivity (Wildman–Crippen MR) is 89.1 cm³/mol. The number of rotatable bonds is 4. The Morgan fingerprint density at radius 1 is 1.35 bits per heavy atom. The van der Waals surface area contributed by atoms with E-state index in [2.05, 4.69) is 27.3 Å². The first-order valence-corrected chi connectivity index (χ1v) is 8.43. The summed E-state index contributed by atoms with van der Waals surface area (Å²) in [5.74, 6) is -0.205. The fraction of sp³-hybridized carbons (Fsp3) is 0.412. The molecule has 5 nitrogen and oxygen atoms in total. The molecule has 0 aromatic carbocycles. The van der Waals surface area contributed by atoms with E-state index in [9.17, 15) is 4.79 Å². The van der Waals surface area contributed by atoms with Gasteiger partial charge in [-0.25, -0.2) is 0 Å². The number of esters is 1. The van der Waals surface area contributed by atoms with E-state index >= 15 is 0 Å². The van der Waals surface area contributed by atoms with Gasteiger partial charge in [-0.05, 0) is 26.8 Å². The minimum absolute atomic E-state index is 0.205. The van der Waals surface area contributed by atoms with E-state index in [0.717, 1.165) is 33.3 Å². The molecular weight excluding hydrogens is 310 g/mol. The summed E-state index contributed by atoms with van der Waals surface area (Å²) in [4.78, 5) is 16.2. The second-order valence-electron chi connectivity index (χ2n) is 6.41. The molecular formula is C17H19N3O2S. The number of aryl methyl sites for hydroxylation is 1. The van der Waals surface area contributed by atoms with Crippen molar-refractivity contribution in [3.05, 3.63) is 45.7 Å². The summed E-state index contributed by atoms with van der Waals surface area (Å²) in [6, 6.07) is 3.99. The highest BCUT2D eigenvalue weighted by Crippen LogP contribution is 2.33. The molecule has 0 N–H and O–H groups in total. The number of pyridine rings is 1. The van der Waals surface area contributed by atoms with Crippen molar-refractivity contribution in [1.29, 1.82) is 0 Å². The van der Waals surface area contributed by atoms with Gasteiger partial charge >= 0.3 is 5.97 Å². The molecule has 120 valence electrons. The first-order chi connectivity index (χ1) is 10.9. The number of hydrogen-bond donors (Lipinski definition) is 0. The Bertz CT molecular complexity index is 759. The lowest BCUT2D eigenvalue weighted by molar-refractivity contribution is -0.154. The van der Waals surface area contributed by atoms with Crippen LogP contribution in [0.3, 0.4) is 0 Å². The van der Waals surface area contributed by atoms with E-state index < -0.39 is 5.60 Å². The lowest BCUT2D eigenvalue weighted by Gasteiger charge is -2.19. The molecule has 6 heteroatoms. The smallest absolute Gasteiger partial charge is 0.306 e. The highest BCUT2D eigenvalue weighted by molar-refractivity contribution is 7.12. The Labute approximate surface area is 139 Å². The summed E-state index contributed by atoms with van der Waals surface area (Å²) in [7, 11) is 0. The van der Waals surface area contributed by atoms with Crippen molar-refractivity contribution in [3.63, 3.8) is 0 Å². The van der Waals surface area contributed by atoms with Crippen LogP contribution < -0.4 is 0 Å². The van der Waals surface area contributed by atoms with Crippen molar-refractivity contribution in [1.82, 2.24) is 15.2 Å². The molecule has 2 aromatic rings. The molecule has 0 unspecified atom stereocenters. The van der Waals surface area contributed by atoms with Crippen LogP contribution in [0.4, 0.5) is 0 Å². The fourth-order valence-corrected chi connectivity index (χ4v) is 3.32. The molecule has 2 heterocycles. The first kappa shape index (κ1) is 15.8. The van der Waals surface area contributed by atoms with Crippen LogP contribution in [-0.2, 0) is 22.4 Å². The van der Waals surface area contributed by atoms with Gasteiger partial charge in [0.25, 0.3) is 0 Å². The zero-order valence-corrected chi connectivity index (χ0v) is 14.3. The molecule has 3 rings (SSSR count). The van der Waals surface area contributed by atoms with Crippen LogP contribution in [0.5, 0.6) is 0 Å². The summed E-state index contributed by atoms with van der Waals surface area (Å²) in [6.45, 7) is 5.60. The third-order valence-electron chi connectivity index (χ3n) is 3.34. The van der Waals surface area contributed by atoms with Gasteiger partial charge in [0.15, 0.2) is 0 Å². The van der Waals surface area contributed by atoms with Gasteiger partial charge in [-0.3, -0.25) is 9.78 Å². The molecule has 0 fully saturated rings. The van der Waals surface area contributed by atoms with Crippen molar-refractivity contribution in [2.75, 3.05) is 0 Å². The fourth-order valence-electron chi connectivity index (χ4n) is 2.42. The first-order valence-electron chi connectivity index (χ1n) is 7.61. The van der Waals surface area contributed by atoms with Gasteiger partial charge in [0.2, 0.25) is 0 Å². The molecule has 0 amide bonds. The minimum atomic E-state index is -0.450. The van der Waals surface area contributed by atoms with Gasteiger partial charge in [0, 0.05) is 30.2 Å². The van der Waals surface area contributed by atoms with Crippen molar-refractivity contribution in [2.45, 2.75) is 45.6 Å². The number of carbonyl (C=O) groups excluding carboxylic acids is 1. The highest BCUT2D eigenvalue weighted by Gasteiger charge is 2.20. The van der Waals surface area contributed by atoms with E-state index in [0.29, 0.717) is 12.8 Å². The second-order valence-corrected chi connectivity index (χ2v) is 7.47. The van der Waals surface area contributed by atoms with Crippen LogP contribution in [0.1, 0.15) is 48.5 Å². The molecule has 2 aromatic heterocycles. The number of carbonyl (C=O) groups is 1. The zero-order valence-electron chi connectivity index (χ0n) is 13.5. The standard InChI is InChI=1S/C17H19N3O2S/c1-17(2,3)22-15(21)9-8-14-19-20-16(23-14)12-6-7-13-11(12)5-4-10-18-13/h4-6,10H,7-9H2,1-3H3. The number of allylic oxidation sites excluding steroid dienone is 1. The predicted octanol–water partition coefficient (Wildman–Crippen LogP) is 3.20.